The number of aromatic nitrogens is 4. The van der Waals surface area contributed by atoms with Crippen LogP contribution >= 0.6 is 0 Å². The molecule has 1 N–H and O–H groups in total. The molecule has 8 heteroatoms. The number of carbonyl (C=O) groups excluding carboxylic acids is 1. The van der Waals surface area contributed by atoms with Gasteiger partial charge in [0.15, 0.2) is 0 Å². The van der Waals surface area contributed by atoms with Crippen molar-refractivity contribution < 1.29 is 4.79 Å². The molecular weight excluding hydrogens is 454 g/mol. The molecule has 0 aliphatic carbocycles. The number of nitrogens with zero attached hydrogens (tertiary/aromatic N) is 4. The third-order valence-corrected chi connectivity index (χ3v) is 6.51. The van der Waals surface area contributed by atoms with Crippen LogP contribution in [0.4, 0.5) is 0 Å². The van der Waals surface area contributed by atoms with Gasteiger partial charge in [0.1, 0.15) is 0 Å². The molecule has 2 heterocycles. The van der Waals surface area contributed by atoms with Gasteiger partial charge >= 0.3 is 5.69 Å². The molecule has 4 rings (SSSR count). The molecule has 0 fully saturated rings. The third-order valence-electron chi connectivity index (χ3n) is 6.51. The molecule has 0 spiro atoms. The second-order valence-corrected chi connectivity index (χ2v) is 9.68. The number of rotatable bonds is 9. The van der Waals surface area contributed by atoms with Gasteiger partial charge in [0.2, 0.25) is 5.78 Å². The normalized spacial score (nSPS) is 12.4. The zero-order valence-corrected chi connectivity index (χ0v) is 21.3. The Hall–Kier alpha value is -3.94. The maximum absolute atomic E-state index is 13.6. The van der Waals surface area contributed by atoms with Crippen LogP contribution in [-0.2, 0) is 13.1 Å². The van der Waals surface area contributed by atoms with E-state index in [0.29, 0.717) is 28.9 Å². The van der Waals surface area contributed by atoms with E-state index in [1.807, 2.05) is 38.1 Å². The van der Waals surface area contributed by atoms with Crippen molar-refractivity contribution in [1.29, 1.82) is 0 Å². The maximum atomic E-state index is 13.6. The fourth-order valence-electron chi connectivity index (χ4n) is 4.09. The van der Waals surface area contributed by atoms with E-state index in [2.05, 4.69) is 30.8 Å². The van der Waals surface area contributed by atoms with Crippen LogP contribution in [0.2, 0.25) is 0 Å². The molecular formula is C28H33N5O3. The van der Waals surface area contributed by atoms with E-state index in [1.54, 1.807) is 28.8 Å². The summed E-state index contributed by atoms with van der Waals surface area (Å²) in [4.78, 5) is 39.9. The number of aryl methyl sites for hydroxylation is 1. The summed E-state index contributed by atoms with van der Waals surface area (Å²) in [5.41, 5.74) is 2.08. The van der Waals surface area contributed by atoms with Crippen molar-refractivity contribution in [2.45, 2.75) is 59.7 Å². The topological polar surface area (TPSA) is 90.4 Å². The van der Waals surface area contributed by atoms with Crippen molar-refractivity contribution in [3.8, 4) is 0 Å². The molecule has 1 unspecified atom stereocenters. The van der Waals surface area contributed by atoms with Crippen molar-refractivity contribution in [2.24, 2.45) is 5.92 Å². The molecule has 1 amide bonds. The number of nitrogens with one attached hydrogen (secondary N) is 1. The second-order valence-electron chi connectivity index (χ2n) is 9.68. The molecule has 2 aromatic carbocycles. The van der Waals surface area contributed by atoms with Crippen LogP contribution < -0.4 is 16.6 Å². The van der Waals surface area contributed by atoms with Gasteiger partial charge < -0.3 is 5.32 Å². The Kier molecular flexibility index (Phi) is 7.24. The van der Waals surface area contributed by atoms with Crippen LogP contribution in [0, 0.1) is 5.92 Å². The quantitative estimate of drug-likeness (QED) is 0.385. The molecule has 0 saturated heterocycles. The summed E-state index contributed by atoms with van der Waals surface area (Å²) < 4.78 is 4.39. The lowest BCUT2D eigenvalue weighted by Gasteiger charge is -2.13. The van der Waals surface area contributed by atoms with Gasteiger partial charge in [0.05, 0.1) is 17.4 Å². The highest BCUT2D eigenvalue weighted by atomic mass is 16.2. The van der Waals surface area contributed by atoms with Crippen molar-refractivity contribution in [2.75, 3.05) is 0 Å². The van der Waals surface area contributed by atoms with Gasteiger partial charge in [-0.1, -0.05) is 57.7 Å². The first-order valence-corrected chi connectivity index (χ1v) is 12.4. The van der Waals surface area contributed by atoms with Gasteiger partial charge in [-0.25, -0.2) is 13.9 Å². The van der Waals surface area contributed by atoms with Crippen LogP contribution in [0.15, 0.2) is 58.6 Å². The number of fused-ring (bicyclic) bond motifs is 3. The third kappa shape index (κ3) is 4.89. The highest BCUT2D eigenvalue weighted by Gasteiger charge is 2.19. The second kappa shape index (κ2) is 10.4. The zero-order valence-electron chi connectivity index (χ0n) is 21.3. The summed E-state index contributed by atoms with van der Waals surface area (Å²) in [6, 6.07) is 12.6. The molecule has 0 bridgehead atoms. The summed E-state index contributed by atoms with van der Waals surface area (Å²) in [5, 5.41) is 7.90. The standard InChI is InChI=1S/C28H33N5O3/c1-6-19(5)29-25(34)22-12-13-23-24(16-22)33-27(31(26(23)35)15-14-18(3)4)30-32(28(33)36)17-21-10-8-20(7-2)9-11-21/h7-13,16,18-19H,2,6,14-15,17H2,1,3-5H3,(H,29,34). The van der Waals surface area contributed by atoms with Crippen LogP contribution in [0.1, 0.15) is 62.0 Å². The fourth-order valence-corrected chi connectivity index (χ4v) is 4.09. The van der Waals surface area contributed by atoms with Gasteiger partial charge in [-0.2, -0.15) is 0 Å². The van der Waals surface area contributed by atoms with E-state index in [4.69, 9.17) is 0 Å². The number of hydrogen-bond donors (Lipinski definition) is 1. The molecule has 0 aliphatic rings. The smallest absolute Gasteiger partial charge is 0.350 e. The Morgan fingerprint density at radius 1 is 1.11 bits per heavy atom. The molecule has 188 valence electrons. The van der Waals surface area contributed by atoms with E-state index >= 15 is 0 Å². The molecule has 0 saturated carbocycles. The van der Waals surface area contributed by atoms with Crippen molar-refractivity contribution >= 4 is 28.7 Å². The Bertz CT molecular complexity index is 1540. The highest BCUT2D eigenvalue weighted by Crippen LogP contribution is 2.16. The van der Waals surface area contributed by atoms with Gasteiger partial charge in [0, 0.05) is 18.2 Å². The van der Waals surface area contributed by atoms with Crippen molar-refractivity contribution in [3.05, 3.63) is 86.6 Å². The molecule has 0 aliphatic heterocycles. The summed E-state index contributed by atoms with van der Waals surface area (Å²) in [6.07, 6.45) is 3.32. The summed E-state index contributed by atoms with van der Waals surface area (Å²) in [5.74, 6) is 0.405. The predicted octanol–water partition coefficient (Wildman–Crippen LogP) is 4.08. The SMILES string of the molecule is C=Cc1ccc(Cn2nc3n(CCC(C)C)c(=O)c4ccc(C(=O)NC(C)CC)cc4n3c2=O)cc1. The number of carbonyl (C=O) groups is 1. The van der Waals surface area contributed by atoms with E-state index in [1.165, 1.54) is 9.08 Å². The van der Waals surface area contributed by atoms with Crippen molar-refractivity contribution in [3.63, 3.8) is 0 Å². The minimum atomic E-state index is -0.361. The molecule has 36 heavy (non-hydrogen) atoms. The number of hydrogen-bond acceptors (Lipinski definition) is 4. The van der Waals surface area contributed by atoms with Gasteiger partial charge in [-0.05, 0) is 55.0 Å². The van der Waals surface area contributed by atoms with Gasteiger partial charge in [-0.3, -0.25) is 14.2 Å². The lowest BCUT2D eigenvalue weighted by molar-refractivity contribution is 0.0939. The Morgan fingerprint density at radius 2 is 1.83 bits per heavy atom. The van der Waals surface area contributed by atoms with Crippen LogP contribution in [-0.4, -0.2) is 30.7 Å². The maximum Gasteiger partial charge on any atom is 0.352 e. The average molecular weight is 488 g/mol. The van der Waals surface area contributed by atoms with Gasteiger partial charge in [-0.15, -0.1) is 5.10 Å². The summed E-state index contributed by atoms with van der Waals surface area (Å²) >= 11 is 0. The summed E-state index contributed by atoms with van der Waals surface area (Å²) in [7, 11) is 0. The lowest BCUT2D eigenvalue weighted by atomic mass is 10.1. The van der Waals surface area contributed by atoms with E-state index < -0.39 is 0 Å². The predicted molar refractivity (Wildman–Crippen MR) is 144 cm³/mol. The minimum Gasteiger partial charge on any atom is -0.350 e. The van der Waals surface area contributed by atoms with E-state index in [-0.39, 0.29) is 35.5 Å². The van der Waals surface area contributed by atoms with Crippen LogP contribution in [0.3, 0.4) is 0 Å². The number of amides is 1. The first-order chi connectivity index (χ1) is 17.2. The first-order valence-electron chi connectivity index (χ1n) is 12.4. The highest BCUT2D eigenvalue weighted by molar-refractivity contribution is 5.98. The minimum absolute atomic E-state index is 0.00945. The largest absolute Gasteiger partial charge is 0.352 e. The van der Waals surface area contributed by atoms with Crippen LogP contribution in [0.5, 0.6) is 0 Å². The van der Waals surface area contributed by atoms with Crippen molar-refractivity contribution in [1.82, 2.24) is 24.1 Å². The Balaban J connectivity index is 1.91. The molecule has 4 aromatic rings. The monoisotopic (exact) mass is 487 g/mol. The molecule has 2 aromatic heterocycles. The zero-order chi connectivity index (χ0) is 26.0. The van der Waals surface area contributed by atoms with Crippen LogP contribution in [0.25, 0.3) is 22.8 Å². The lowest BCUT2D eigenvalue weighted by Crippen LogP contribution is -2.32. The van der Waals surface area contributed by atoms with E-state index in [9.17, 15) is 14.4 Å². The van der Waals surface area contributed by atoms with E-state index in [0.717, 1.165) is 24.0 Å². The average Bonchev–Trinajstić information content (AvgIpc) is 3.19. The molecule has 1 atom stereocenters. The van der Waals surface area contributed by atoms with Gasteiger partial charge in [0.25, 0.3) is 11.5 Å². The fraction of sp³-hybridized carbons (Fsp3) is 0.357. The number of benzene rings is 2. The molecule has 0 radical (unpaired) electrons. The first kappa shape index (κ1) is 25.2. The Morgan fingerprint density at radius 3 is 2.47 bits per heavy atom. The summed E-state index contributed by atoms with van der Waals surface area (Å²) in [6.45, 7) is 12.6. The molecule has 8 nitrogen and oxygen atoms in total. The Labute approximate surface area is 209 Å².